The van der Waals surface area contributed by atoms with Crippen LogP contribution in [0, 0.1) is 11.6 Å². The van der Waals surface area contributed by atoms with Crippen molar-refractivity contribution in [3.63, 3.8) is 0 Å². The minimum atomic E-state index is -0.581. The van der Waals surface area contributed by atoms with Crippen LogP contribution < -0.4 is 0 Å². The highest BCUT2D eigenvalue weighted by molar-refractivity contribution is 7.99. The Hall–Kier alpha value is -1.39. The lowest BCUT2D eigenvalue weighted by molar-refractivity contribution is 0.282. The molecule has 88 valence electrons. The third kappa shape index (κ3) is 3.05. The Morgan fingerprint density at radius 2 is 1.71 bits per heavy atom. The molecule has 0 unspecified atom stereocenters. The van der Waals surface area contributed by atoms with Crippen LogP contribution in [0.5, 0.6) is 0 Å². The molecule has 0 radical (unpaired) electrons. The Labute approximate surface area is 102 Å². The first-order chi connectivity index (χ1) is 8.19. The summed E-state index contributed by atoms with van der Waals surface area (Å²) in [7, 11) is 0. The number of rotatable bonds is 3. The van der Waals surface area contributed by atoms with Crippen molar-refractivity contribution in [3.8, 4) is 0 Å². The molecule has 0 spiro atoms. The van der Waals surface area contributed by atoms with Crippen LogP contribution in [0.1, 0.15) is 5.56 Å². The smallest absolute Gasteiger partial charge is 0.140 e. The largest absolute Gasteiger partial charge is 0.392 e. The van der Waals surface area contributed by atoms with Gasteiger partial charge in [0.2, 0.25) is 0 Å². The Bertz CT molecular complexity index is 511. The topological polar surface area (TPSA) is 20.2 Å². The van der Waals surface area contributed by atoms with Gasteiger partial charge in [-0.15, -0.1) is 0 Å². The number of aliphatic hydroxyl groups excluding tert-OH is 1. The van der Waals surface area contributed by atoms with Crippen molar-refractivity contribution in [2.45, 2.75) is 16.4 Å². The van der Waals surface area contributed by atoms with E-state index in [0.29, 0.717) is 4.90 Å². The first-order valence-corrected chi connectivity index (χ1v) is 5.83. The molecule has 0 saturated heterocycles. The lowest BCUT2D eigenvalue weighted by atomic mass is 10.2. The maximum Gasteiger partial charge on any atom is 0.140 e. The molecule has 1 N–H and O–H groups in total. The van der Waals surface area contributed by atoms with Gasteiger partial charge in [0.05, 0.1) is 6.61 Å². The molecule has 0 aromatic heterocycles. The van der Waals surface area contributed by atoms with Crippen molar-refractivity contribution in [1.82, 2.24) is 0 Å². The molecule has 0 heterocycles. The molecular formula is C13H10F2OS. The molecule has 2 aromatic carbocycles. The molecule has 2 aromatic rings. The normalized spacial score (nSPS) is 10.5. The van der Waals surface area contributed by atoms with Gasteiger partial charge in [0.1, 0.15) is 11.6 Å². The SMILES string of the molecule is OCc1ccc(Sc2ccc(F)cc2F)cc1. The number of benzene rings is 2. The molecule has 0 aliphatic heterocycles. The predicted molar refractivity (Wildman–Crippen MR) is 62.8 cm³/mol. The van der Waals surface area contributed by atoms with Crippen molar-refractivity contribution in [2.75, 3.05) is 0 Å². The van der Waals surface area contributed by atoms with E-state index in [-0.39, 0.29) is 6.61 Å². The third-order valence-corrected chi connectivity index (χ3v) is 3.29. The van der Waals surface area contributed by atoms with Gasteiger partial charge in [0.25, 0.3) is 0 Å². The molecule has 0 aliphatic rings. The summed E-state index contributed by atoms with van der Waals surface area (Å²) in [5.41, 5.74) is 0.800. The van der Waals surface area contributed by atoms with Gasteiger partial charge < -0.3 is 5.11 Å². The van der Waals surface area contributed by atoms with Crippen molar-refractivity contribution < 1.29 is 13.9 Å². The maximum absolute atomic E-state index is 13.4. The highest BCUT2D eigenvalue weighted by atomic mass is 32.2. The van der Waals surface area contributed by atoms with Crippen LogP contribution in [0.25, 0.3) is 0 Å². The van der Waals surface area contributed by atoms with Gasteiger partial charge in [-0.2, -0.15) is 0 Å². The second kappa shape index (κ2) is 5.29. The maximum atomic E-state index is 13.4. The molecule has 1 nitrogen and oxygen atoms in total. The van der Waals surface area contributed by atoms with E-state index in [9.17, 15) is 8.78 Å². The second-order valence-electron chi connectivity index (χ2n) is 3.48. The summed E-state index contributed by atoms with van der Waals surface area (Å²) in [6.07, 6.45) is 0. The number of aliphatic hydroxyl groups is 1. The summed E-state index contributed by atoms with van der Waals surface area (Å²) < 4.78 is 26.1. The van der Waals surface area contributed by atoms with Crippen molar-refractivity contribution >= 4 is 11.8 Å². The summed E-state index contributed by atoms with van der Waals surface area (Å²) >= 11 is 1.22. The molecule has 0 fully saturated rings. The van der Waals surface area contributed by atoms with Crippen LogP contribution in [0.4, 0.5) is 8.78 Å². The lowest BCUT2D eigenvalue weighted by Gasteiger charge is -2.04. The van der Waals surface area contributed by atoms with Gasteiger partial charge in [-0.05, 0) is 29.8 Å². The van der Waals surface area contributed by atoms with Crippen LogP contribution >= 0.6 is 11.8 Å². The van der Waals surface area contributed by atoms with E-state index < -0.39 is 11.6 Å². The van der Waals surface area contributed by atoms with Gasteiger partial charge in [0, 0.05) is 15.9 Å². The molecule has 17 heavy (non-hydrogen) atoms. The Balaban J connectivity index is 2.19. The number of halogens is 2. The zero-order valence-electron chi connectivity index (χ0n) is 8.86. The minimum Gasteiger partial charge on any atom is -0.392 e. The molecule has 2 rings (SSSR count). The molecule has 4 heteroatoms. The Morgan fingerprint density at radius 3 is 2.29 bits per heavy atom. The van der Waals surface area contributed by atoms with E-state index in [1.807, 2.05) is 0 Å². The lowest BCUT2D eigenvalue weighted by Crippen LogP contribution is -1.85. The zero-order valence-corrected chi connectivity index (χ0v) is 9.68. The fourth-order valence-corrected chi connectivity index (χ4v) is 2.17. The fourth-order valence-electron chi connectivity index (χ4n) is 1.35. The van der Waals surface area contributed by atoms with Crippen LogP contribution in [0.15, 0.2) is 52.3 Å². The van der Waals surface area contributed by atoms with Crippen molar-refractivity contribution in [3.05, 3.63) is 59.7 Å². The highest BCUT2D eigenvalue weighted by Gasteiger charge is 2.05. The summed E-state index contributed by atoms with van der Waals surface area (Å²) in [5, 5.41) is 8.88. The van der Waals surface area contributed by atoms with E-state index in [0.717, 1.165) is 16.5 Å². The van der Waals surface area contributed by atoms with Gasteiger partial charge in [-0.3, -0.25) is 0 Å². The average molecular weight is 252 g/mol. The molecule has 0 atom stereocenters. The van der Waals surface area contributed by atoms with Gasteiger partial charge >= 0.3 is 0 Å². The molecule has 0 aliphatic carbocycles. The number of hydrogen-bond donors (Lipinski definition) is 1. The van der Waals surface area contributed by atoms with E-state index >= 15 is 0 Å². The molecule has 0 amide bonds. The molecule has 0 saturated carbocycles. The fraction of sp³-hybridized carbons (Fsp3) is 0.0769. The highest BCUT2D eigenvalue weighted by Crippen LogP contribution is 2.30. The summed E-state index contributed by atoms with van der Waals surface area (Å²) in [4.78, 5) is 1.22. The van der Waals surface area contributed by atoms with Gasteiger partial charge in [0.15, 0.2) is 0 Å². The van der Waals surface area contributed by atoms with E-state index in [4.69, 9.17) is 5.11 Å². The summed E-state index contributed by atoms with van der Waals surface area (Å²) in [6.45, 7) is -0.0180. The summed E-state index contributed by atoms with van der Waals surface area (Å²) in [6, 6.07) is 10.6. The number of hydrogen-bond acceptors (Lipinski definition) is 2. The minimum absolute atomic E-state index is 0.0180. The van der Waals surface area contributed by atoms with Crippen molar-refractivity contribution in [2.24, 2.45) is 0 Å². The Kier molecular flexibility index (Phi) is 3.76. The van der Waals surface area contributed by atoms with Crippen LogP contribution in [-0.2, 0) is 6.61 Å². The molecule has 0 bridgehead atoms. The summed E-state index contributed by atoms with van der Waals surface area (Å²) in [5.74, 6) is -1.15. The Morgan fingerprint density at radius 1 is 1.00 bits per heavy atom. The first-order valence-electron chi connectivity index (χ1n) is 5.02. The predicted octanol–water partition coefficient (Wildman–Crippen LogP) is 3.61. The van der Waals surface area contributed by atoms with E-state index in [1.54, 1.807) is 24.3 Å². The quantitative estimate of drug-likeness (QED) is 0.900. The average Bonchev–Trinajstić information content (AvgIpc) is 2.34. The van der Waals surface area contributed by atoms with Crippen LogP contribution in [0.3, 0.4) is 0 Å². The van der Waals surface area contributed by atoms with Gasteiger partial charge in [-0.25, -0.2) is 8.78 Å². The van der Waals surface area contributed by atoms with E-state index in [2.05, 4.69) is 0 Å². The molecular weight excluding hydrogens is 242 g/mol. The van der Waals surface area contributed by atoms with Gasteiger partial charge in [-0.1, -0.05) is 23.9 Å². The van der Waals surface area contributed by atoms with Crippen LogP contribution in [-0.4, -0.2) is 5.11 Å². The van der Waals surface area contributed by atoms with Crippen LogP contribution in [0.2, 0.25) is 0 Å². The third-order valence-electron chi connectivity index (χ3n) is 2.23. The van der Waals surface area contributed by atoms with Crippen molar-refractivity contribution in [1.29, 1.82) is 0 Å². The first kappa shape index (κ1) is 12.1. The van der Waals surface area contributed by atoms with E-state index in [1.165, 1.54) is 23.9 Å². The zero-order chi connectivity index (χ0) is 12.3. The monoisotopic (exact) mass is 252 g/mol. The standard InChI is InChI=1S/C13H10F2OS/c14-10-3-6-13(12(15)7-10)17-11-4-1-9(8-16)2-5-11/h1-7,16H,8H2. The second-order valence-corrected chi connectivity index (χ2v) is 4.59.